The van der Waals surface area contributed by atoms with Gasteiger partial charge in [-0.3, -0.25) is 14.4 Å². The Balaban J connectivity index is 1.77. The molecule has 25 heavy (non-hydrogen) atoms. The molecule has 2 heterocycles. The summed E-state index contributed by atoms with van der Waals surface area (Å²) in [7, 11) is 1.38. The van der Waals surface area contributed by atoms with Gasteiger partial charge in [0.05, 0.1) is 13.0 Å². The summed E-state index contributed by atoms with van der Waals surface area (Å²) in [6.45, 7) is 0.798. The maximum Gasteiger partial charge on any atom is 0.311 e. The van der Waals surface area contributed by atoms with Gasteiger partial charge in [-0.25, -0.2) is 0 Å². The number of nitrogens with one attached hydrogen (secondary N) is 1. The molecular formula is C19H24N2O4. The number of amides is 2. The molecule has 0 saturated carbocycles. The molecule has 6 heteroatoms. The van der Waals surface area contributed by atoms with Gasteiger partial charge in [0.1, 0.15) is 6.04 Å². The smallest absolute Gasteiger partial charge is 0.311 e. The lowest BCUT2D eigenvalue weighted by molar-refractivity contribution is -0.145. The van der Waals surface area contributed by atoms with E-state index < -0.39 is 6.04 Å². The van der Waals surface area contributed by atoms with Crippen LogP contribution in [-0.2, 0) is 19.1 Å². The molecule has 0 aromatic heterocycles. The van der Waals surface area contributed by atoms with Crippen LogP contribution >= 0.6 is 0 Å². The SMILES string of the molecule is COC(=O)C1CN(C(=O)C2CCCCC(=O)N2)CC1c1ccccc1. The zero-order valence-electron chi connectivity index (χ0n) is 14.4. The lowest BCUT2D eigenvalue weighted by atomic mass is 9.89. The third-order valence-corrected chi connectivity index (χ3v) is 5.14. The van der Waals surface area contributed by atoms with E-state index in [1.165, 1.54) is 7.11 Å². The van der Waals surface area contributed by atoms with Crippen LogP contribution in [0.25, 0.3) is 0 Å². The van der Waals surface area contributed by atoms with Gasteiger partial charge in [-0.2, -0.15) is 0 Å². The van der Waals surface area contributed by atoms with Gasteiger partial charge in [-0.15, -0.1) is 0 Å². The summed E-state index contributed by atoms with van der Waals surface area (Å²) in [6.07, 6.45) is 2.79. The second-order valence-corrected chi connectivity index (χ2v) is 6.76. The lowest BCUT2D eigenvalue weighted by Crippen LogP contribution is -2.47. The largest absolute Gasteiger partial charge is 0.469 e. The minimum Gasteiger partial charge on any atom is -0.469 e. The van der Waals surface area contributed by atoms with E-state index in [2.05, 4.69) is 5.32 Å². The molecule has 0 aliphatic carbocycles. The number of nitrogens with zero attached hydrogens (tertiary/aromatic N) is 1. The first kappa shape index (κ1) is 17.5. The zero-order valence-corrected chi connectivity index (χ0v) is 14.4. The number of ether oxygens (including phenoxy) is 1. The summed E-state index contributed by atoms with van der Waals surface area (Å²) in [6, 6.07) is 9.25. The first-order valence-electron chi connectivity index (χ1n) is 8.81. The van der Waals surface area contributed by atoms with Crippen LogP contribution in [0.2, 0.25) is 0 Å². The van der Waals surface area contributed by atoms with E-state index in [1.54, 1.807) is 4.90 Å². The lowest BCUT2D eigenvalue weighted by Gasteiger charge is -2.23. The molecule has 134 valence electrons. The summed E-state index contributed by atoms with van der Waals surface area (Å²) in [4.78, 5) is 38.6. The van der Waals surface area contributed by atoms with Crippen molar-refractivity contribution in [1.29, 1.82) is 0 Å². The number of carbonyl (C=O) groups is 3. The highest BCUT2D eigenvalue weighted by Gasteiger charge is 2.42. The number of carbonyl (C=O) groups excluding carboxylic acids is 3. The maximum absolute atomic E-state index is 12.9. The zero-order chi connectivity index (χ0) is 17.8. The van der Waals surface area contributed by atoms with E-state index >= 15 is 0 Å². The standard InChI is InChI=1S/C19H24N2O4/c1-25-19(24)15-12-21(11-14(15)13-7-3-2-4-8-13)18(23)16-9-5-6-10-17(22)20-16/h2-4,7-8,14-16H,5-6,9-12H2,1H3,(H,20,22). The topological polar surface area (TPSA) is 75.7 Å². The van der Waals surface area contributed by atoms with Gasteiger partial charge in [0, 0.05) is 25.4 Å². The van der Waals surface area contributed by atoms with Crippen LogP contribution in [0.1, 0.15) is 37.2 Å². The molecule has 2 fully saturated rings. The number of esters is 1. The van der Waals surface area contributed by atoms with Crippen molar-refractivity contribution in [2.75, 3.05) is 20.2 Å². The minimum absolute atomic E-state index is 0.0702. The summed E-state index contributed by atoms with van der Waals surface area (Å²) in [5, 5.41) is 2.82. The number of benzene rings is 1. The Hall–Kier alpha value is -2.37. The normalized spacial score (nSPS) is 26.7. The Morgan fingerprint density at radius 3 is 2.64 bits per heavy atom. The van der Waals surface area contributed by atoms with Crippen molar-refractivity contribution in [1.82, 2.24) is 10.2 Å². The van der Waals surface area contributed by atoms with Crippen LogP contribution in [0.4, 0.5) is 0 Å². The highest BCUT2D eigenvalue weighted by atomic mass is 16.5. The van der Waals surface area contributed by atoms with Crippen LogP contribution in [0.15, 0.2) is 30.3 Å². The highest BCUT2D eigenvalue weighted by molar-refractivity contribution is 5.89. The van der Waals surface area contributed by atoms with Crippen molar-refractivity contribution in [3.63, 3.8) is 0 Å². The number of hydrogen-bond donors (Lipinski definition) is 1. The molecule has 1 aromatic carbocycles. The second kappa shape index (κ2) is 7.68. The second-order valence-electron chi connectivity index (χ2n) is 6.76. The maximum atomic E-state index is 12.9. The van der Waals surface area contributed by atoms with Gasteiger partial charge in [0.25, 0.3) is 0 Å². The molecule has 3 atom stereocenters. The predicted octanol–water partition coefficient (Wildman–Crippen LogP) is 1.46. The fourth-order valence-electron chi connectivity index (χ4n) is 3.79. The van der Waals surface area contributed by atoms with Crippen LogP contribution in [0.3, 0.4) is 0 Å². The van der Waals surface area contributed by atoms with Gasteiger partial charge in [0.2, 0.25) is 11.8 Å². The Labute approximate surface area is 147 Å². The fraction of sp³-hybridized carbons (Fsp3) is 0.526. The fourth-order valence-corrected chi connectivity index (χ4v) is 3.79. The molecule has 3 rings (SSSR count). The van der Waals surface area contributed by atoms with Crippen molar-refractivity contribution in [3.05, 3.63) is 35.9 Å². The molecule has 0 spiro atoms. The van der Waals surface area contributed by atoms with Gasteiger partial charge >= 0.3 is 5.97 Å². The average molecular weight is 344 g/mol. The van der Waals surface area contributed by atoms with Crippen LogP contribution < -0.4 is 5.32 Å². The number of methoxy groups -OCH3 is 1. The summed E-state index contributed by atoms with van der Waals surface area (Å²) < 4.78 is 4.95. The van der Waals surface area contributed by atoms with E-state index in [1.807, 2.05) is 30.3 Å². The van der Waals surface area contributed by atoms with Crippen molar-refractivity contribution in [2.45, 2.75) is 37.6 Å². The van der Waals surface area contributed by atoms with Crippen molar-refractivity contribution in [2.24, 2.45) is 5.92 Å². The monoisotopic (exact) mass is 344 g/mol. The highest BCUT2D eigenvalue weighted by Crippen LogP contribution is 2.34. The Bertz CT molecular complexity index is 646. The van der Waals surface area contributed by atoms with Crippen molar-refractivity contribution in [3.8, 4) is 0 Å². The van der Waals surface area contributed by atoms with Crippen molar-refractivity contribution < 1.29 is 19.1 Å². The first-order chi connectivity index (χ1) is 12.1. The van der Waals surface area contributed by atoms with Gasteiger partial charge < -0.3 is 15.0 Å². The quantitative estimate of drug-likeness (QED) is 0.843. The van der Waals surface area contributed by atoms with Gasteiger partial charge in [-0.05, 0) is 18.4 Å². The van der Waals surface area contributed by atoms with E-state index in [-0.39, 0.29) is 29.6 Å². The molecule has 3 unspecified atom stereocenters. The number of likely N-dealkylation sites (tertiary alicyclic amines) is 1. The molecule has 1 aromatic rings. The van der Waals surface area contributed by atoms with Crippen LogP contribution in [-0.4, -0.2) is 48.9 Å². The molecule has 6 nitrogen and oxygen atoms in total. The average Bonchev–Trinajstić information content (AvgIpc) is 2.97. The third-order valence-electron chi connectivity index (χ3n) is 5.14. The Morgan fingerprint density at radius 2 is 1.92 bits per heavy atom. The molecule has 2 amide bonds. The summed E-state index contributed by atoms with van der Waals surface area (Å²) in [5.41, 5.74) is 1.03. The third kappa shape index (κ3) is 3.83. The summed E-state index contributed by atoms with van der Waals surface area (Å²) >= 11 is 0. The van der Waals surface area contributed by atoms with E-state index in [9.17, 15) is 14.4 Å². The first-order valence-corrected chi connectivity index (χ1v) is 8.81. The molecule has 2 aliphatic rings. The Kier molecular flexibility index (Phi) is 5.36. The minimum atomic E-state index is -0.483. The predicted molar refractivity (Wildman–Crippen MR) is 91.7 cm³/mol. The number of hydrogen-bond acceptors (Lipinski definition) is 4. The molecule has 2 saturated heterocycles. The summed E-state index contributed by atoms with van der Waals surface area (Å²) in [5.74, 6) is -0.923. The van der Waals surface area contributed by atoms with Crippen molar-refractivity contribution >= 4 is 17.8 Å². The number of rotatable bonds is 3. The molecule has 1 N–H and O–H groups in total. The van der Waals surface area contributed by atoms with E-state index in [0.29, 0.717) is 25.9 Å². The van der Waals surface area contributed by atoms with Crippen LogP contribution in [0, 0.1) is 5.92 Å². The molecule has 0 radical (unpaired) electrons. The molecule has 2 aliphatic heterocycles. The van der Waals surface area contributed by atoms with Gasteiger partial charge in [-0.1, -0.05) is 36.8 Å². The van der Waals surface area contributed by atoms with Crippen LogP contribution in [0.5, 0.6) is 0 Å². The van der Waals surface area contributed by atoms with Gasteiger partial charge in [0.15, 0.2) is 0 Å². The molecular weight excluding hydrogens is 320 g/mol. The Morgan fingerprint density at radius 1 is 1.16 bits per heavy atom. The van der Waals surface area contributed by atoms with E-state index in [4.69, 9.17) is 4.74 Å². The molecule has 0 bridgehead atoms. The van der Waals surface area contributed by atoms with E-state index in [0.717, 1.165) is 18.4 Å².